The molecule has 0 bridgehead atoms. The van der Waals surface area contributed by atoms with Crippen LogP contribution in [-0.4, -0.2) is 137 Å². The quantitative estimate of drug-likeness (QED) is 0.0264. The Kier molecular flexibility index (Phi) is 26.1. The summed E-state index contributed by atoms with van der Waals surface area (Å²) in [5, 5.41) is 53.6. The minimum absolute atomic E-state index is 0. The Hall–Kier alpha value is 2.27. The molecule has 0 aromatic carbocycles. The molecule has 8 N–H and O–H groups in total. The van der Waals surface area contributed by atoms with Crippen LogP contribution < -0.4 is 146 Å². The second-order valence-electron chi connectivity index (χ2n) is 17.5. The molecule has 6 rings (SSSR count). The first-order valence-electron chi connectivity index (χ1n) is 20.3. The summed E-state index contributed by atoms with van der Waals surface area (Å²) < 4.78 is 114. The van der Waals surface area contributed by atoms with E-state index < -0.39 is 125 Å². The SMILES string of the molecule is NC1CCC2CC(SOO[O-])CC(O)C2C1N=NC1CCC(NC(=O)NC2CCC(N=NC3C(N)CCC4CC(S(=O)(=O)[O-])CC(O)C43)C(S(=O)(=O)[O-])C2)CC1S(=O)(=O)[O-].[Na+].[Na+].[Na+].[Na+]. The van der Waals surface area contributed by atoms with Gasteiger partial charge in [-0.1, -0.05) is 0 Å². The van der Waals surface area contributed by atoms with Gasteiger partial charge in [-0.3, -0.25) is 5.04 Å². The summed E-state index contributed by atoms with van der Waals surface area (Å²) in [5.41, 5.74) is 12.7. The Morgan fingerprint density at radius 2 is 1.03 bits per heavy atom. The van der Waals surface area contributed by atoms with E-state index in [4.69, 9.17) is 11.5 Å². The van der Waals surface area contributed by atoms with E-state index in [-0.39, 0.29) is 193 Å². The van der Waals surface area contributed by atoms with Gasteiger partial charge in [0.15, 0.2) is 0 Å². The number of nitrogens with one attached hydrogen (secondary N) is 2. The fraction of sp³-hybridized carbons (Fsp3) is 0.970. The number of aliphatic hydroxyl groups excluding tert-OH is 2. The largest absolute Gasteiger partial charge is 1.00 e. The van der Waals surface area contributed by atoms with E-state index in [1.54, 1.807) is 0 Å². The number of hydrogen-bond donors (Lipinski definition) is 6. The van der Waals surface area contributed by atoms with E-state index in [9.17, 15) is 59.2 Å². The molecule has 344 valence electrons. The van der Waals surface area contributed by atoms with Crippen LogP contribution >= 0.6 is 12.0 Å². The number of hydrogen-bond acceptors (Lipinski definition) is 22. The van der Waals surface area contributed by atoms with Crippen LogP contribution in [0.3, 0.4) is 0 Å². The van der Waals surface area contributed by atoms with E-state index in [1.165, 1.54) is 0 Å². The van der Waals surface area contributed by atoms with Gasteiger partial charge in [0.1, 0.15) is 0 Å². The summed E-state index contributed by atoms with van der Waals surface area (Å²) in [6, 6.07) is -7.04. The predicted octanol–water partition coefficient (Wildman–Crippen LogP) is -13.2. The molecule has 18 atom stereocenters. The molecule has 0 heterocycles. The molecule has 6 aliphatic carbocycles. The Balaban J connectivity index is 0.00000352. The average Bonchev–Trinajstić information content (AvgIpc) is 3.16. The molecule has 0 aromatic rings. The van der Waals surface area contributed by atoms with E-state index in [1.807, 2.05) is 0 Å². The van der Waals surface area contributed by atoms with Crippen LogP contribution in [0.15, 0.2) is 20.5 Å². The van der Waals surface area contributed by atoms with Gasteiger partial charge in [0, 0.05) is 53.3 Å². The van der Waals surface area contributed by atoms with Gasteiger partial charge in [0.25, 0.3) is 0 Å². The van der Waals surface area contributed by atoms with Gasteiger partial charge in [-0.2, -0.15) is 24.8 Å². The molecule has 6 saturated carbocycles. The van der Waals surface area contributed by atoms with Crippen molar-refractivity contribution in [3.63, 3.8) is 0 Å². The normalized spacial score (nSPS) is 40.6. The van der Waals surface area contributed by atoms with Crippen LogP contribution in [-0.2, 0) is 39.7 Å². The third-order valence-corrected chi connectivity index (χ3v) is 18.2. The fourth-order valence-corrected chi connectivity index (χ4v) is 14.6. The molecule has 6 aliphatic rings. The maximum Gasteiger partial charge on any atom is 1.00 e. The number of urea groups is 1. The van der Waals surface area contributed by atoms with Gasteiger partial charge in [-0.15, -0.1) is 0 Å². The van der Waals surface area contributed by atoms with Crippen molar-refractivity contribution in [1.82, 2.24) is 10.6 Å². The standard InChI is InChI=1S/C33H58N8O15S4.4Na/c34-21-5-1-15-9-19(57-56-55-45)13-25(42)29(15)31(21)40-38-23-7-3-17(11-27(23)59(49,50)51)36-33(44)37-18-4-8-24(28(12-18)60(52,53)54)39-41-32-22(35)6-2-16-10-20(58(46,47)48)14-26(43)30(16)32;;;;/h15-32,42-43,45H,1-14,34-35H2,(H2,36,37,44)(H,46,47,48)(H,49,50,51)(H,52,53,54);;;;/q;4*+1/p-4. The fourth-order valence-electron chi connectivity index (χ4n) is 10.8. The molecule has 23 nitrogen and oxygen atoms in total. The summed E-state index contributed by atoms with van der Waals surface area (Å²) in [5.74, 6) is -1.42. The Morgan fingerprint density at radius 3 is 1.45 bits per heavy atom. The summed E-state index contributed by atoms with van der Waals surface area (Å²) >= 11 is 0.834. The molecular formula is C33H54N8Na4O15S4. The van der Waals surface area contributed by atoms with E-state index in [0.717, 1.165) is 12.0 Å². The van der Waals surface area contributed by atoms with Crippen molar-refractivity contribution in [1.29, 1.82) is 0 Å². The summed E-state index contributed by atoms with van der Waals surface area (Å²) in [4.78, 5) is 13.2. The topological polar surface area (TPSA) is 396 Å². The van der Waals surface area contributed by atoms with Crippen LogP contribution in [0.1, 0.15) is 89.9 Å². The maximum absolute atomic E-state index is 13.2. The third-order valence-electron chi connectivity index (χ3n) is 13.8. The number of rotatable bonds is 12. The van der Waals surface area contributed by atoms with Gasteiger partial charge in [-0.05, 0) is 102 Å². The van der Waals surface area contributed by atoms with Gasteiger partial charge >= 0.3 is 124 Å². The number of carbonyl (C=O) groups is 1. The first kappa shape index (κ1) is 62.4. The van der Waals surface area contributed by atoms with Crippen molar-refractivity contribution in [2.45, 2.75) is 171 Å². The Bertz CT molecular complexity index is 1920. The molecule has 6 fully saturated rings. The molecule has 0 aromatic heterocycles. The van der Waals surface area contributed by atoms with Crippen LogP contribution in [0.4, 0.5) is 4.79 Å². The zero-order chi connectivity index (χ0) is 43.7. The molecule has 0 aliphatic heterocycles. The number of aliphatic hydroxyl groups is 2. The number of nitrogens with zero attached hydrogens (tertiary/aromatic N) is 4. The minimum atomic E-state index is -4.98. The van der Waals surface area contributed by atoms with Gasteiger partial charge < -0.3 is 51.2 Å². The van der Waals surface area contributed by atoms with Crippen LogP contribution in [0, 0.1) is 23.7 Å². The molecular weight excluding hydrogens is 969 g/mol. The van der Waals surface area contributed by atoms with Crippen LogP contribution in [0.25, 0.3) is 0 Å². The monoisotopic (exact) mass is 1020 g/mol. The Labute approximate surface area is 467 Å². The van der Waals surface area contributed by atoms with Crippen molar-refractivity contribution < 1.29 is 187 Å². The predicted molar refractivity (Wildman–Crippen MR) is 205 cm³/mol. The van der Waals surface area contributed by atoms with Gasteiger partial charge in [0.2, 0.25) is 0 Å². The van der Waals surface area contributed by atoms with Crippen molar-refractivity contribution in [3.05, 3.63) is 0 Å². The molecule has 18 unspecified atom stereocenters. The van der Waals surface area contributed by atoms with Crippen molar-refractivity contribution in [3.8, 4) is 0 Å². The zero-order valence-electron chi connectivity index (χ0n) is 36.6. The first-order chi connectivity index (χ1) is 28.1. The second-order valence-corrected chi connectivity index (χ2v) is 23.3. The van der Waals surface area contributed by atoms with E-state index in [2.05, 4.69) is 40.5 Å². The van der Waals surface area contributed by atoms with E-state index in [0.29, 0.717) is 32.1 Å². The number of fused-ring (bicyclic) bond motifs is 2. The summed E-state index contributed by atoms with van der Waals surface area (Å²) in [7, 11) is -14.6. The van der Waals surface area contributed by atoms with Crippen LogP contribution in [0.2, 0.25) is 0 Å². The van der Waals surface area contributed by atoms with Crippen LogP contribution in [0.5, 0.6) is 0 Å². The number of azo groups is 2. The molecule has 0 saturated heterocycles. The Morgan fingerprint density at radius 1 is 0.594 bits per heavy atom. The molecule has 2 amide bonds. The number of amides is 2. The molecule has 64 heavy (non-hydrogen) atoms. The second kappa shape index (κ2) is 26.8. The smallest absolute Gasteiger partial charge is 0.748 e. The van der Waals surface area contributed by atoms with Crippen molar-refractivity contribution >= 4 is 48.4 Å². The number of carbonyl (C=O) groups excluding carboxylic acids is 1. The minimum Gasteiger partial charge on any atom is -0.748 e. The van der Waals surface area contributed by atoms with Gasteiger partial charge in [0.05, 0.1) is 82.5 Å². The molecule has 0 radical (unpaired) electrons. The average molecular weight is 1020 g/mol. The zero-order valence-corrected chi connectivity index (χ0v) is 47.8. The van der Waals surface area contributed by atoms with E-state index >= 15 is 0 Å². The molecule has 31 heteroatoms. The van der Waals surface area contributed by atoms with Crippen molar-refractivity contribution in [2.75, 3.05) is 0 Å². The number of nitrogens with two attached hydrogens (primary N) is 2. The maximum atomic E-state index is 13.2. The van der Waals surface area contributed by atoms with Gasteiger partial charge in [-0.25, -0.2) is 30.0 Å². The summed E-state index contributed by atoms with van der Waals surface area (Å²) in [6.45, 7) is 0. The summed E-state index contributed by atoms with van der Waals surface area (Å²) in [6.07, 6.45) is 0.532. The molecule has 0 spiro atoms. The van der Waals surface area contributed by atoms with Crippen molar-refractivity contribution in [2.24, 2.45) is 55.6 Å². The third kappa shape index (κ3) is 16.1. The first-order valence-corrected chi connectivity index (χ1v) is 25.6.